The van der Waals surface area contributed by atoms with Crippen LogP contribution in [0.5, 0.6) is 0 Å². The van der Waals surface area contributed by atoms with E-state index in [-0.39, 0.29) is 23.5 Å². The molecule has 0 radical (unpaired) electrons. The number of hydrogen-bond donors (Lipinski definition) is 1. The Hall–Kier alpha value is -4.51. The largest absolute Gasteiger partial charge is 0.445 e. The van der Waals surface area contributed by atoms with Crippen molar-refractivity contribution in [2.75, 3.05) is 7.05 Å². The van der Waals surface area contributed by atoms with Crippen molar-refractivity contribution in [3.63, 3.8) is 0 Å². The normalized spacial score (nSPS) is 12.7. The van der Waals surface area contributed by atoms with E-state index in [0.717, 1.165) is 16.3 Å². The molecule has 0 aliphatic rings. The van der Waals surface area contributed by atoms with Crippen LogP contribution in [0.3, 0.4) is 0 Å². The summed E-state index contributed by atoms with van der Waals surface area (Å²) in [5.41, 5.74) is 2.26. The maximum Gasteiger partial charge on any atom is 0.254 e. The van der Waals surface area contributed by atoms with Crippen LogP contribution in [-0.4, -0.2) is 44.2 Å². The van der Waals surface area contributed by atoms with Gasteiger partial charge in [0.15, 0.2) is 0 Å². The van der Waals surface area contributed by atoms with Crippen molar-refractivity contribution in [3.05, 3.63) is 93.8 Å². The minimum Gasteiger partial charge on any atom is -0.445 e. The molecule has 39 heavy (non-hydrogen) atoms. The molecule has 0 aliphatic heterocycles. The zero-order valence-corrected chi connectivity index (χ0v) is 22.3. The number of rotatable bonds is 9. The molecule has 1 N–H and O–H groups in total. The monoisotopic (exact) mass is 544 g/mol. The number of oxazole rings is 1. The minimum absolute atomic E-state index is 0.179. The molecule has 0 saturated carbocycles. The van der Waals surface area contributed by atoms with Crippen LogP contribution in [0.1, 0.15) is 39.4 Å². The third kappa shape index (κ3) is 5.68. The lowest BCUT2D eigenvalue weighted by atomic mass is 9.84. The predicted molar refractivity (Wildman–Crippen MR) is 144 cm³/mol. The van der Waals surface area contributed by atoms with Crippen molar-refractivity contribution in [1.82, 2.24) is 25.1 Å². The molecule has 0 saturated heterocycles. The molecule has 3 aromatic heterocycles. The second-order valence-electron chi connectivity index (χ2n) is 9.46. The van der Waals surface area contributed by atoms with Crippen molar-refractivity contribution >= 4 is 23.5 Å². The molecule has 0 aliphatic carbocycles. The lowest BCUT2D eigenvalue weighted by molar-refractivity contribution is 0.0785. The van der Waals surface area contributed by atoms with E-state index in [1.165, 1.54) is 42.1 Å². The van der Waals surface area contributed by atoms with Gasteiger partial charge in [0, 0.05) is 41.0 Å². The van der Waals surface area contributed by atoms with Crippen molar-refractivity contribution in [2.24, 2.45) is 0 Å². The zero-order valence-electron chi connectivity index (χ0n) is 21.5. The van der Waals surface area contributed by atoms with Gasteiger partial charge in [-0.15, -0.1) is 21.5 Å². The first-order valence-electron chi connectivity index (χ1n) is 12.1. The first-order chi connectivity index (χ1) is 18.7. The summed E-state index contributed by atoms with van der Waals surface area (Å²) >= 11 is 1.50. The lowest BCUT2D eigenvalue weighted by Crippen LogP contribution is -2.27. The number of nitrogens with one attached hydrogen (secondary N) is 1. The molecule has 3 heterocycles. The molecule has 1 unspecified atom stereocenters. The minimum atomic E-state index is -0.923. The van der Waals surface area contributed by atoms with E-state index in [9.17, 15) is 9.18 Å². The Morgan fingerprint density at radius 2 is 1.90 bits per heavy atom. The van der Waals surface area contributed by atoms with E-state index in [2.05, 4.69) is 20.2 Å². The SMILES string of the molecule is Cc1csc(CN(C)C(=O)c2cc(-c3ncco3)cc(-c3nnc(C(C)(C=N)Cc4ccc(F)cc4)o3)c2)n1. The number of carbonyl (C=O) groups is 1. The number of thiazole rings is 1. The van der Waals surface area contributed by atoms with Gasteiger partial charge in [0.2, 0.25) is 17.7 Å². The molecule has 9 nitrogen and oxygen atoms in total. The molecule has 5 rings (SSSR count). The number of aryl methyl sites for hydroxylation is 1. The van der Waals surface area contributed by atoms with Gasteiger partial charge in [0.1, 0.15) is 17.1 Å². The number of halogens is 1. The van der Waals surface area contributed by atoms with E-state index >= 15 is 0 Å². The van der Waals surface area contributed by atoms with Crippen molar-refractivity contribution < 1.29 is 18.0 Å². The molecule has 11 heteroatoms. The second kappa shape index (κ2) is 10.7. The molecule has 0 spiro atoms. The number of carbonyl (C=O) groups excluding carboxylic acids is 1. The van der Waals surface area contributed by atoms with Crippen LogP contribution in [0.25, 0.3) is 22.9 Å². The Labute approximate surface area is 227 Å². The van der Waals surface area contributed by atoms with Crippen LogP contribution in [0.2, 0.25) is 0 Å². The average Bonchev–Trinajstić information content (AvgIpc) is 3.72. The Kier molecular flexibility index (Phi) is 7.16. The number of aromatic nitrogens is 4. The van der Waals surface area contributed by atoms with Crippen molar-refractivity contribution in [3.8, 4) is 22.9 Å². The zero-order chi connectivity index (χ0) is 27.6. The Morgan fingerprint density at radius 1 is 1.15 bits per heavy atom. The highest BCUT2D eigenvalue weighted by Crippen LogP contribution is 2.31. The molecular weight excluding hydrogens is 519 g/mol. The highest BCUT2D eigenvalue weighted by atomic mass is 32.1. The van der Waals surface area contributed by atoms with Gasteiger partial charge < -0.3 is 19.1 Å². The molecule has 2 aromatic carbocycles. The van der Waals surface area contributed by atoms with E-state index in [1.54, 1.807) is 49.2 Å². The third-order valence-electron chi connectivity index (χ3n) is 6.21. The number of nitrogens with zero attached hydrogens (tertiary/aromatic N) is 5. The quantitative estimate of drug-likeness (QED) is 0.236. The van der Waals surface area contributed by atoms with E-state index < -0.39 is 5.41 Å². The van der Waals surface area contributed by atoms with Gasteiger partial charge in [-0.25, -0.2) is 14.4 Å². The van der Waals surface area contributed by atoms with Gasteiger partial charge in [0.05, 0.1) is 18.2 Å². The first-order valence-corrected chi connectivity index (χ1v) is 12.9. The molecule has 5 aromatic rings. The number of hydrogen-bond acceptors (Lipinski definition) is 9. The molecule has 1 atom stereocenters. The van der Waals surface area contributed by atoms with Crippen molar-refractivity contribution in [1.29, 1.82) is 5.41 Å². The second-order valence-corrected chi connectivity index (χ2v) is 10.4. The van der Waals surface area contributed by atoms with Crippen molar-refractivity contribution in [2.45, 2.75) is 32.2 Å². The van der Waals surface area contributed by atoms with Crippen LogP contribution < -0.4 is 0 Å². The maximum absolute atomic E-state index is 13.4. The fourth-order valence-electron chi connectivity index (χ4n) is 4.12. The highest BCUT2D eigenvalue weighted by Gasteiger charge is 2.32. The molecular formula is C28H25FN6O3S. The van der Waals surface area contributed by atoms with Gasteiger partial charge in [-0.1, -0.05) is 12.1 Å². The van der Waals surface area contributed by atoms with E-state index in [0.29, 0.717) is 35.5 Å². The molecule has 0 bridgehead atoms. The summed E-state index contributed by atoms with van der Waals surface area (Å²) in [6.07, 6.45) is 4.58. The summed E-state index contributed by atoms with van der Waals surface area (Å²) in [4.78, 5) is 23.7. The van der Waals surface area contributed by atoms with Crippen LogP contribution in [0.15, 0.2) is 69.1 Å². The standard InChI is InChI=1S/C28H25FN6O3S/c1-17-15-39-23(32-17)14-35(3)26(36)21-11-19(24-31-8-9-37-24)10-20(12-21)25-33-34-27(38-25)28(2,16-30)13-18-4-6-22(29)7-5-18/h4-12,15-16,30H,13-14H2,1-3H3. The topological polar surface area (TPSA) is 122 Å². The van der Waals surface area contributed by atoms with E-state index in [4.69, 9.17) is 14.2 Å². The van der Waals surface area contributed by atoms with Crippen LogP contribution in [0, 0.1) is 18.2 Å². The number of amides is 1. The third-order valence-corrected chi connectivity index (χ3v) is 7.16. The summed E-state index contributed by atoms with van der Waals surface area (Å²) in [5.74, 6) is 0.182. The van der Waals surface area contributed by atoms with Crippen LogP contribution >= 0.6 is 11.3 Å². The molecule has 1 amide bonds. The van der Waals surface area contributed by atoms with Gasteiger partial charge in [-0.05, 0) is 56.2 Å². The Bertz CT molecular complexity index is 1610. The summed E-state index contributed by atoms with van der Waals surface area (Å²) in [6.45, 7) is 4.07. The van der Waals surface area contributed by atoms with Gasteiger partial charge in [-0.3, -0.25) is 4.79 Å². The first kappa shape index (κ1) is 26.1. The predicted octanol–water partition coefficient (Wildman–Crippen LogP) is 5.72. The fourth-order valence-corrected chi connectivity index (χ4v) is 4.94. The average molecular weight is 545 g/mol. The Morgan fingerprint density at radius 3 is 2.54 bits per heavy atom. The van der Waals surface area contributed by atoms with Crippen LogP contribution in [0.4, 0.5) is 4.39 Å². The van der Waals surface area contributed by atoms with Crippen LogP contribution in [-0.2, 0) is 18.4 Å². The van der Waals surface area contributed by atoms with E-state index in [1.807, 2.05) is 12.3 Å². The summed E-state index contributed by atoms with van der Waals surface area (Å²) in [5, 5.41) is 19.3. The molecule has 198 valence electrons. The maximum atomic E-state index is 13.4. The lowest BCUT2D eigenvalue weighted by Gasteiger charge is -2.20. The van der Waals surface area contributed by atoms with Gasteiger partial charge in [-0.2, -0.15) is 0 Å². The summed E-state index contributed by atoms with van der Waals surface area (Å²) in [7, 11) is 1.71. The highest BCUT2D eigenvalue weighted by molar-refractivity contribution is 7.09. The van der Waals surface area contributed by atoms with Gasteiger partial charge in [0.25, 0.3) is 5.91 Å². The van der Waals surface area contributed by atoms with Gasteiger partial charge >= 0.3 is 0 Å². The molecule has 0 fully saturated rings. The smallest absolute Gasteiger partial charge is 0.254 e. The fraction of sp³-hybridized carbons (Fsp3) is 0.214. The summed E-state index contributed by atoms with van der Waals surface area (Å²) < 4.78 is 24.9. The summed E-state index contributed by atoms with van der Waals surface area (Å²) in [6, 6.07) is 11.2. The number of benzene rings is 2. The Balaban J connectivity index is 1.48.